The highest BCUT2D eigenvalue weighted by Crippen LogP contribution is 2.42. The van der Waals surface area contributed by atoms with Gasteiger partial charge in [0.05, 0.1) is 29.3 Å². The summed E-state index contributed by atoms with van der Waals surface area (Å²) in [4.78, 5) is 22.0. The van der Waals surface area contributed by atoms with Crippen LogP contribution in [0.4, 0.5) is 5.82 Å². The van der Waals surface area contributed by atoms with Crippen molar-refractivity contribution in [1.82, 2.24) is 9.97 Å². The zero-order chi connectivity index (χ0) is 26.1. The van der Waals surface area contributed by atoms with Crippen LogP contribution in [0.5, 0.6) is 0 Å². The molecule has 0 radical (unpaired) electrons. The minimum atomic E-state index is -1.63. The number of aliphatic hydroxyl groups is 2. The van der Waals surface area contributed by atoms with E-state index >= 15 is 0 Å². The maximum atomic E-state index is 13.4. The zero-order valence-electron chi connectivity index (χ0n) is 19.6. The highest BCUT2D eigenvalue weighted by molar-refractivity contribution is 7.92. The van der Waals surface area contributed by atoms with Crippen LogP contribution in [0.3, 0.4) is 0 Å². The van der Waals surface area contributed by atoms with Gasteiger partial charge in [0.25, 0.3) is 0 Å². The van der Waals surface area contributed by atoms with Crippen molar-refractivity contribution in [2.45, 2.75) is 31.8 Å². The van der Waals surface area contributed by atoms with Gasteiger partial charge in [-0.25, -0.2) is 9.97 Å². The van der Waals surface area contributed by atoms with Crippen LogP contribution in [0.15, 0.2) is 42.9 Å². The number of hydrogen-bond donors (Lipinski definition) is 4. The van der Waals surface area contributed by atoms with Crippen LogP contribution in [-0.2, 0) is 9.78 Å². The van der Waals surface area contributed by atoms with E-state index in [0.717, 1.165) is 36.4 Å². The molecule has 0 aliphatic carbocycles. The quantitative estimate of drug-likeness (QED) is 0.119. The minimum Gasteiger partial charge on any atom is -0.396 e. The molecule has 2 heterocycles. The molecule has 36 heavy (non-hydrogen) atoms. The Balaban J connectivity index is 1.85. The smallest absolute Gasteiger partial charge is 0.208 e. The first-order valence-corrected chi connectivity index (χ1v) is 13.7. The number of thiophene rings is 1. The Labute approximate surface area is 228 Å². The number of benzene rings is 1. The topological polar surface area (TPSA) is 131 Å². The summed E-state index contributed by atoms with van der Waals surface area (Å²) in [7, 11) is 0. The number of carbonyl (C=O) groups excluding carboxylic acids is 1. The van der Waals surface area contributed by atoms with E-state index in [4.69, 9.17) is 32.5 Å². The van der Waals surface area contributed by atoms with Gasteiger partial charge in [0, 0.05) is 36.4 Å². The van der Waals surface area contributed by atoms with Crippen molar-refractivity contribution in [3.05, 3.63) is 73.8 Å². The van der Waals surface area contributed by atoms with Gasteiger partial charge in [-0.2, -0.15) is 0 Å². The molecule has 2 atom stereocenters. The van der Waals surface area contributed by atoms with Gasteiger partial charge in [-0.3, -0.25) is 9.93 Å². The first-order chi connectivity index (χ1) is 17.3. The highest BCUT2D eigenvalue weighted by atomic mass is 35.5. The van der Waals surface area contributed by atoms with E-state index in [1.54, 1.807) is 30.3 Å². The van der Waals surface area contributed by atoms with Gasteiger partial charge in [-0.1, -0.05) is 48.7 Å². The Morgan fingerprint density at radius 3 is 2.86 bits per heavy atom. The van der Waals surface area contributed by atoms with Crippen molar-refractivity contribution in [2.75, 3.05) is 25.1 Å². The third-order valence-electron chi connectivity index (χ3n) is 5.88. The first-order valence-electron chi connectivity index (χ1n) is 11.3. The standard InChI is InChI=1S/C24H28Cl2N4O4S2/c1-2-15(13-34-36-27)6-8-29-23-18(12-28-14-30-23)21(32)20-11-19(22(26)35-20)24(33,7-9-31)16-4-3-5-17(25)10-16/h3-5,10-12,14-15,31,33H,2,6-9,13,27H2,1H3,(H,28,29,30). The molecular weight excluding hydrogens is 543 g/mol. The first kappa shape index (κ1) is 28.8. The number of hydrogen-bond acceptors (Lipinski definition) is 10. The van der Waals surface area contributed by atoms with Gasteiger partial charge in [0.1, 0.15) is 22.1 Å². The molecule has 3 rings (SSSR count). The molecule has 8 nitrogen and oxygen atoms in total. The monoisotopic (exact) mass is 570 g/mol. The number of carbonyl (C=O) groups is 1. The Kier molecular flexibility index (Phi) is 11.0. The van der Waals surface area contributed by atoms with Gasteiger partial charge < -0.3 is 19.7 Å². The average Bonchev–Trinajstić information content (AvgIpc) is 3.28. The number of rotatable bonds is 14. The molecule has 0 saturated carbocycles. The van der Waals surface area contributed by atoms with Gasteiger partial charge in [-0.15, -0.1) is 11.3 Å². The fourth-order valence-electron chi connectivity index (χ4n) is 3.81. The van der Waals surface area contributed by atoms with Crippen molar-refractivity contribution in [2.24, 2.45) is 11.1 Å². The third kappa shape index (κ3) is 6.96. The summed E-state index contributed by atoms with van der Waals surface area (Å²) < 4.78 is 5.48. The zero-order valence-corrected chi connectivity index (χ0v) is 22.8. The molecule has 12 heteroatoms. The average molecular weight is 572 g/mol. The van der Waals surface area contributed by atoms with E-state index in [0.29, 0.717) is 45.9 Å². The lowest BCUT2D eigenvalue weighted by atomic mass is 9.85. The molecule has 3 aromatic rings. The van der Waals surface area contributed by atoms with Gasteiger partial charge >= 0.3 is 0 Å². The van der Waals surface area contributed by atoms with E-state index in [9.17, 15) is 15.0 Å². The Bertz CT molecular complexity index is 1170. The number of aliphatic hydroxyl groups excluding tert-OH is 1. The summed E-state index contributed by atoms with van der Waals surface area (Å²) >= 11 is 14.6. The lowest BCUT2D eigenvalue weighted by molar-refractivity contribution is 0.0514. The molecule has 2 unspecified atom stereocenters. The molecule has 194 valence electrons. The summed E-state index contributed by atoms with van der Waals surface area (Å²) in [6, 6.07) is 8.25. The van der Waals surface area contributed by atoms with Crippen LogP contribution in [0.2, 0.25) is 9.36 Å². The van der Waals surface area contributed by atoms with Crippen molar-refractivity contribution in [3.8, 4) is 0 Å². The molecule has 2 aromatic heterocycles. The van der Waals surface area contributed by atoms with Gasteiger partial charge in [-0.05, 0) is 36.1 Å². The van der Waals surface area contributed by atoms with E-state index in [-0.39, 0.29) is 28.7 Å². The molecule has 0 bridgehead atoms. The molecule has 0 amide bonds. The Hall–Kier alpha value is -1.76. The van der Waals surface area contributed by atoms with Crippen molar-refractivity contribution in [1.29, 1.82) is 0 Å². The maximum Gasteiger partial charge on any atom is 0.208 e. The Morgan fingerprint density at radius 1 is 1.36 bits per heavy atom. The lowest BCUT2D eigenvalue weighted by Gasteiger charge is -2.28. The molecule has 0 saturated heterocycles. The second kappa shape index (κ2) is 13.7. The van der Waals surface area contributed by atoms with Crippen LogP contribution in [0.1, 0.15) is 52.5 Å². The minimum absolute atomic E-state index is 0.0242. The molecule has 0 aliphatic heterocycles. The summed E-state index contributed by atoms with van der Waals surface area (Å²) in [6.07, 6.45) is 4.53. The summed E-state index contributed by atoms with van der Waals surface area (Å²) in [5.74, 6) is 0.387. The van der Waals surface area contributed by atoms with Gasteiger partial charge in [0.2, 0.25) is 5.78 Å². The number of halogens is 2. The molecule has 5 N–H and O–H groups in total. The highest BCUT2D eigenvalue weighted by Gasteiger charge is 2.36. The van der Waals surface area contributed by atoms with Crippen molar-refractivity contribution in [3.63, 3.8) is 0 Å². The number of anilines is 1. The molecule has 0 fully saturated rings. The van der Waals surface area contributed by atoms with Crippen LogP contribution in [-0.4, -0.2) is 45.7 Å². The van der Waals surface area contributed by atoms with E-state index in [2.05, 4.69) is 22.2 Å². The second-order valence-electron chi connectivity index (χ2n) is 8.13. The molecule has 0 spiro atoms. The number of nitrogens with zero attached hydrogens (tertiary/aromatic N) is 2. The predicted octanol–water partition coefficient (Wildman–Crippen LogP) is 5.06. The largest absolute Gasteiger partial charge is 0.396 e. The van der Waals surface area contributed by atoms with E-state index in [1.165, 1.54) is 12.5 Å². The Morgan fingerprint density at radius 2 is 2.17 bits per heavy atom. The van der Waals surface area contributed by atoms with Crippen LogP contribution in [0.25, 0.3) is 0 Å². The fraction of sp³-hybridized carbons (Fsp3) is 0.375. The summed E-state index contributed by atoms with van der Waals surface area (Å²) in [6.45, 7) is 2.89. The van der Waals surface area contributed by atoms with Gasteiger partial charge in [0.15, 0.2) is 0 Å². The van der Waals surface area contributed by atoms with Crippen LogP contribution < -0.4 is 10.5 Å². The predicted molar refractivity (Wildman–Crippen MR) is 146 cm³/mol. The van der Waals surface area contributed by atoms with Crippen LogP contribution >= 0.6 is 46.8 Å². The van der Waals surface area contributed by atoms with Crippen molar-refractivity contribution >= 4 is 58.4 Å². The number of ketones is 1. The van der Waals surface area contributed by atoms with E-state index in [1.807, 2.05) is 0 Å². The third-order valence-corrected chi connectivity index (χ3v) is 7.75. The number of nitrogens with one attached hydrogen (secondary N) is 1. The summed E-state index contributed by atoms with van der Waals surface area (Å²) in [5.41, 5.74) is -0.546. The van der Waals surface area contributed by atoms with E-state index < -0.39 is 5.60 Å². The number of nitrogens with two attached hydrogens (primary N) is 1. The molecule has 0 aliphatic rings. The summed E-state index contributed by atoms with van der Waals surface area (Å²) in [5, 5.41) is 30.2. The van der Waals surface area contributed by atoms with Crippen LogP contribution in [0, 0.1) is 5.92 Å². The molecular formula is C24H28Cl2N4O4S2. The second-order valence-corrected chi connectivity index (χ2v) is 10.6. The number of aromatic nitrogens is 2. The van der Waals surface area contributed by atoms with Crippen molar-refractivity contribution < 1.29 is 19.2 Å². The molecule has 1 aromatic carbocycles. The lowest BCUT2D eigenvalue weighted by Crippen LogP contribution is -2.28. The normalized spacial score (nSPS) is 13.8. The maximum absolute atomic E-state index is 13.4. The fourth-order valence-corrected chi connectivity index (χ4v) is 5.64. The SMILES string of the molecule is CCC(CCNc1ncncc1C(=O)c1cc(C(O)(CCO)c2cccc(Cl)c2)c(Cl)s1)COSN.